The predicted molar refractivity (Wildman–Crippen MR) is 102 cm³/mol. The standard InChI is InChI=1S/C20H24F2N4O/c1-23-20(26(2)14-16-6-4-8-18(22)12-16)25-10-9-24-19(27)13-15-5-3-7-17(21)11-15/h3-8,11-12H,9-10,13-14H2,1-2H3,(H,23,25)(H,24,27). The molecule has 0 spiro atoms. The molecule has 2 aromatic carbocycles. The molecule has 144 valence electrons. The molecule has 7 heteroatoms. The number of amides is 1. The molecule has 0 bridgehead atoms. The van der Waals surface area contributed by atoms with Gasteiger partial charge < -0.3 is 15.5 Å². The highest BCUT2D eigenvalue weighted by atomic mass is 19.1. The predicted octanol–water partition coefficient (Wildman–Crippen LogP) is 2.33. The molecule has 0 atom stereocenters. The molecule has 2 aromatic rings. The second kappa shape index (κ2) is 10.3. The zero-order valence-electron chi connectivity index (χ0n) is 15.5. The van der Waals surface area contributed by atoms with Crippen LogP contribution in [0, 0.1) is 11.6 Å². The van der Waals surface area contributed by atoms with Gasteiger partial charge in [-0.2, -0.15) is 0 Å². The van der Waals surface area contributed by atoms with Gasteiger partial charge in [-0.15, -0.1) is 0 Å². The zero-order valence-corrected chi connectivity index (χ0v) is 15.5. The average molecular weight is 374 g/mol. The fraction of sp³-hybridized carbons (Fsp3) is 0.300. The molecule has 27 heavy (non-hydrogen) atoms. The number of hydrogen-bond acceptors (Lipinski definition) is 2. The number of benzene rings is 2. The molecule has 0 saturated heterocycles. The van der Waals surface area contributed by atoms with E-state index in [1.54, 1.807) is 25.2 Å². The van der Waals surface area contributed by atoms with Gasteiger partial charge in [0, 0.05) is 33.7 Å². The normalized spacial score (nSPS) is 11.2. The van der Waals surface area contributed by atoms with E-state index in [2.05, 4.69) is 15.6 Å². The van der Waals surface area contributed by atoms with Crippen LogP contribution in [-0.2, 0) is 17.8 Å². The van der Waals surface area contributed by atoms with Crippen molar-refractivity contribution < 1.29 is 13.6 Å². The Bertz CT molecular complexity index is 795. The summed E-state index contributed by atoms with van der Waals surface area (Å²) < 4.78 is 26.4. The van der Waals surface area contributed by atoms with E-state index in [0.717, 1.165) is 5.56 Å². The molecule has 0 aromatic heterocycles. The Labute approximate surface area is 158 Å². The molecule has 0 aliphatic rings. The highest BCUT2D eigenvalue weighted by molar-refractivity contribution is 5.80. The molecule has 2 N–H and O–H groups in total. The molecule has 0 aliphatic carbocycles. The number of aliphatic imine (C=N–C) groups is 1. The van der Waals surface area contributed by atoms with Gasteiger partial charge in [0.2, 0.25) is 5.91 Å². The largest absolute Gasteiger partial charge is 0.354 e. The Morgan fingerprint density at radius 2 is 1.59 bits per heavy atom. The summed E-state index contributed by atoms with van der Waals surface area (Å²) in [5.41, 5.74) is 1.47. The number of hydrogen-bond donors (Lipinski definition) is 2. The molecule has 0 saturated carbocycles. The van der Waals surface area contributed by atoms with Crippen LogP contribution < -0.4 is 10.6 Å². The van der Waals surface area contributed by atoms with Crippen molar-refractivity contribution in [3.8, 4) is 0 Å². The summed E-state index contributed by atoms with van der Waals surface area (Å²) in [5.74, 6) is -0.166. The number of carbonyl (C=O) groups excluding carboxylic acids is 1. The fourth-order valence-electron chi connectivity index (χ4n) is 2.64. The van der Waals surface area contributed by atoms with Crippen LogP contribution in [0.3, 0.4) is 0 Å². The third-order valence-corrected chi connectivity index (χ3v) is 3.87. The van der Waals surface area contributed by atoms with Crippen LogP contribution in [0.4, 0.5) is 8.78 Å². The minimum atomic E-state index is -0.355. The van der Waals surface area contributed by atoms with E-state index >= 15 is 0 Å². The summed E-state index contributed by atoms with van der Waals surface area (Å²) in [6, 6.07) is 12.4. The summed E-state index contributed by atoms with van der Waals surface area (Å²) in [7, 11) is 3.51. The Kier molecular flexibility index (Phi) is 7.73. The minimum Gasteiger partial charge on any atom is -0.354 e. The van der Waals surface area contributed by atoms with E-state index in [0.29, 0.717) is 31.2 Å². The number of carbonyl (C=O) groups is 1. The Morgan fingerprint density at radius 1 is 1.00 bits per heavy atom. The van der Waals surface area contributed by atoms with Crippen LogP contribution in [0.2, 0.25) is 0 Å². The lowest BCUT2D eigenvalue weighted by atomic mass is 10.1. The van der Waals surface area contributed by atoms with Crippen molar-refractivity contribution in [2.45, 2.75) is 13.0 Å². The van der Waals surface area contributed by atoms with Crippen molar-refractivity contribution in [2.24, 2.45) is 4.99 Å². The van der Waals surface area contributed by atoms with Gasteiger partial charge in [0.05, 0.1) is 6.42 Å². The quantitative estimate of drug-likeness (QED) is 0.444. The van der Waals surface area contributed by atoms with E-state index < -0.39 is 0 Å². The van der Waals surface area contributed by atoms with Crippen molar-refractivity contribution >= 4 is 11.9 Å². The second-order valence-electron chi connectivity index (χ2n) is 6.12. The highest BCUT2D eigenvalue weighted by Crippen LogP contribution is 2.06. The Balaban J connectivity index is 1.73. The highest BCUT2D eigenvalue weighted by Gasteiger charge is 2.08. The molecule has 5 nitrogen and oxygen atoms in total. The van der Waals surface area contributed by atoms with Gasteiger partial charge in [0.15, 0.2) is 5.96 Å². The molecule has 2 rings (SSSR count). The number of guanidine groups is 1. The van der Waals surface area contributed by atoms with E-state index in [1.165, 1.54) is 24.3 Å². The third kappa shape index (κ3) is 7.05. The van der Waals surface area contributed by atoms with Gasteiger partial charge in [-0.25, -0.2) is 8.78 Å². The number of nitrogens with zero attached hydrogens (tertiary/aromatic N) is 2. The van der Waals surface area contributed by atoms with E-state index in [9.17, 15) is 13.6 Å². The molecule has 0 unspecified atom stereocenters. The minimum absolute atomic E-state index is 0.131. The summed E-state index contributed by atoms with van der Waals surface area (Å²) in [6.07, 6.45) is 0.131. The maximum atomic E-state index is 13.3. The monoisotopic (exact) mass is 374 g/mol. The van der Waals surface area contributed by atoms with E-state index in [-0.39, 0.29) is 24.0 Å². The van der Waals surface area contributed by atoms with Crippen molar-refractivity contribution in [1.82, 2.24) is 15.5 Å². The van der Waals surface area contributed by atoms with Crippen molar-refractivity contribution in [2.75, 3.05) is 27.2 Å². The molecule has 0 aliphatic heterocycles. The smallest absolute Gasteiger partial charge is 0.224 e. The lowest BCUT2D eigenvalue weighted by molar-refractivity contribution is -0.120. The molecule has 0 heterocycles. The van der Waals surface area contributed by atoms with Crippen LogP contribution in [-0.4, -0.2) is 44.0 Å². The lowest BCUT2D eigenvalue weighted by Gasteiger charge is -2.22. The summed E-state index contributed by atoms with van der Waals surface area (Å²) in [6.45, 7) is 1.39. The van der Waals surface area contributed by atoms with E-state index in [4.69, 9.17) is 0 Å². The van der Waals surface area contributed by atoms with Crippen LogP contribution in [0.25, 0.3) is 0 Å². The first-order valence-electron chi connectivity index (χ1n) is 8.65. The first-order chi connectivity index (χ1) is 13.0. The summed E-state index contributed by atoms with van der Waals surface area (Å²) >= 11 is 0. The molecule has 0 radical (unpaired) electrons. The molecule has 1 amide bonds. The Morgan fingerprint density at radius 3 is 2.22 bits per heavy atom. The first-order valence-corrected chi connectivity index (χ1v) is 8.65. The van der Waals surface area contributed by atoms with Gasteiger partial charge in [-0.05, 0) is 35.4 Å². The van der Waals surface area contributed by atoms with Gasteiger partial charge in [-0.3, -0.25) is 9.79 Å². The zero-order chi connectivity index (χ0) is 19.6. The fourth-order valence-corrected chi connectivity index (χ4v) is 2.64. The van der Waals surface area contributed by atoms with Gasteiger partial charge in [0.1, 0.15) is 11.6 Å². The van der Waals surface area contributed by atoms with Crippen LogP contribution in [0.1, 0.15) is 11.1 Å². The SMILES string of the molecule is CN=C(NCCNC(=O)Cc1cccc(F)c1)N(C)Cc1cccc(F)c1. The second-order valence-corrected chi connectivity index (χ2v) is 6.12. The van der Waals surface area contributed by atoms with Crippen LogP contribution in [0.15, 0.2) is 53.5 Å². The summed E-state index contributed by atoms with van der Waals surface area (Å²) in [4.78, 5) is 18.0. The van der Waals surface area contributed by atoms with Gasteiger partial charge in [0.25, 0.3) is 0 Å². The first kappa shape index (κ1) is 20.4. The number of rotatable bonds is 7. The van der Waals surface area contributed by atoms with Gasteiger partial charge >= 0.3 is 0 Å². The maximum absolute atomic E-state index is 13.3. The molecular weight excluding hydrogens is 350 g/mol. The summed E-state index contributed by atoms with van der Waals surface area (Å²) in [5, 5.41) is 5.92. The van der Waals surface area contributed by atoms with E-state index in [1.807, 2.05) is 18.0 Å². The number of nitrogens with one attached hydrogen (secondary N) is 2. The van der Waals surface area contributed by atoms with Gasteiger partial charge in [-0.1, -0.05) is 24.3 Å². The Hall–Kier alpha value is -2.96. The van der Waals surface area contributed by atoms with Crippen LogP contribution >= 0.6 is 0 Å². The lowest BCUT2D eigenvalue weighted by Crippen LogP contribution is -2.42. The topological polar surface area (TPSA) is 56.7 Å². The van der Waals surface area contributed by atoms with Crippen molar-refractivity contribution in [1.29, 1.82) is 0 Å². The van der Waals surface area contributed by atoms with Crippen LogP contribution in [0.5, 0.6) is 0 Å². The third-order valence-electron chi connectivity index (χ3n) is 3.87. The van der Waals surface area contributed by atoms with Crippen molar-refractivity contribution in [3.05, 3.63) is 71.3 Å². The molecular formula is C20H24F2N4O. The maximum Gasteiger partial charge on any atom is 0.224 e. The number of halogens is 2. The van der Waals surface area contributed by atoms with Crippen molar-refractivity contribution in [3.63, 3.8) is 0 Å². The average Bonchev–Trinajstić information content (AvgIpc) is 2.61. The molecule has 0 fully saturated rings.